The number of aromatic nitrogens is 1. The third-order valence-corrected chi connectivity index (χ3v) is 5.50. The summed E-state index contributed by atoms with van der Waals surface area (Å²) in [6.45, 7) is 16.2. The summed E-state index contributed by atoms with van der Waals surface area (Å²) in [5, 5.41) is 11.1. The normalized spacial score (nSPS) is 17.5. The van der Waals surface area contributed by atoms with Gasteiger partial charge in [-0.25, -0.2) is 0 Å². The molecule has 0 amide bonds. The van der Waals surface area contributed by atoms with Crippen LogP contribution in [0.1, 0.15) is 69.8 Å². The van der Waals surface area contributed by atoms with E-state index < -0.39 is 0 Å². The van der Waals surface area contributed by atoms with E-state index >= 15 is 0 Å². The Hall–Kier alpha value is -1.91. The zero-order valence-electron chi connectivity index (χ0n) is 18.1. The number of benzene rings is 1. The van der Waals surface area contributed by atoms with E-state index in [1.165, 1.54) is 11.1 Å². The van der Waals surface area contributed by atoms with Gasteiger partial charge in [0.15, 0.2) is 0 Å². The Morgan fingerprint density at radius 3 is 1.86 bits per heavy atom. The summed E-state index contributed by atoms with van der Waals surface area (Å²) in [6.07, 6.45) is 3.72. The van der Waals surface area contributed by atoms with Crippen LogP contribution in [0.2, 0.25) is 0 Å². The molecule has 0 saturated carbocycles. The quantitative estimate of drug-likeness (QED) is 0.828. The molecule has 1 aromatic carbocycles. The maximum atomic E-state index is 11.1. The Bertz CT molecular complexity index is 763. The van der Waals surface area contributed by atoms with E-state index in [0.29, 0.717) is 5.75 Å². The van der Waals surface area contributed by atoms with Crippen LogP contribution in [0.5, 0.6) is 5.75 Å². The number of phenols is 1. The molecule has 1 N–H and O–H groups in total. The van der Waals surface area contributed by atoms with Crippen molar-refractivity contribution in [1.82, 2.24) is 9.88 Å². The number of aromatic hydroxyl groups is 1. The van der Waals surface area contributed by atoms with Gasteiger partial charge in [0.05, 0.1) is 19.3 Å². The van der Waals surface area contributed by atoms with Gasteiger partial charge in [-0.2, -0.15) is 0 Å². The number of hydrogen-bond donors (Lipinski definition) is 1. The van der Waals surface area contributed by atoms with Gasteiger partial charge >= 0.3 is 0 Å². The number of phenolic OH excluding ortho intramolecular Hbond substituents is 1. The third kappa shape index (κ3) is 4.39. The topological polar surface area (TPSA) is 45.6 Å². The Kier molecular flexibility index (Phi) is 5.83. The molecule has 1 fully saturated rings. The molecule has 1 unspecified atom stereocenters. The summed E-state index contributed by atoms with van der Waals surface area (Å²) in [5.41, 5.74) is 4.16. The molecule has 28 heavy (non-hydrogen) atoms. The van der Waals surface area contributed by atoms with Crippen LogP contribution in [0.25, 0.3) is 0 Å². The van der Waals surface area contributed by atoms with Gasteiger partial charge in [0.1, 0.15) is 5.75 Å². The molecule has 1 aromatic heterocycles. The van der Waals surface area contributed by atoms with Gasteiger partial charge in [-0.3, -0.25) is 9.88 Å². The summed E-state index contributed by atoms with van der Waals surface area (Å²) in [4.78, 5) is 6.69. The first-order chi connectivity index (χ1) is 13.1. The fourth-order valence-corrected chi connectivity index (χ4v) is 3.95. The predicted octanol–water partition coefficient (Wildman–Crippen LogP) is 4.80. The van der Waals surface area contributed by atoms with Gasteiger partial charge in [-0.05, 0) is 57.3 Å². The second-order valence-corrected chi connectivity index (χ2v) is 9.80. The van der Waals surface area contributed by atoms with Crippen molar-refractivity contribution >= 4 is 0 Å². The lowest BCUT2D eigenvalue weighted by Crippen LogP contribution is -2.39. The molecule has 2 aromatic rings. The molecule has 152 valence electrons. The minimum Gasteiger partial charge on any atom is -0.507 e. The average molecular weight is 383 g/mol. The van der Waals surface area contributed by atoms with Gasteiger partial charge in [-0.15, -0.1) is 0 Å². The minimum atomic E-state index is -0.145. The first-order valence-electron chi connectivity index (χ1n) is 10.2. The number of rotatable bonds is 3. The van der Waals surface area contributed by atoms with Crippen molar-refractivity contribution in [3.63, 3.8) is 0 Å². The van der Waals surface area contributed by atoms with E-state index in [0.717, 1.165) is 37.4 Å². The highest BCUT2D eigenvalue weighted by Crippen LogP contribution is 2.42. The maximum absolute atomic E-state index is 11.1. The highest BCUT2D eigenvalue weighted by Gasteiger charge is 2.31. The van der Waals surface area contributed by atoms with E-state index in [4.69, 9.17) is 4.74 Å². The van der Waals surface area contributed by atoms with Gasteiger partial charge in [-0.1, -0.05) is 41.5 Å². The van der Waals surface area contributed by atoms with Gasteiger partial charge in [0.25, 0.3) is 0 Å². The Morgan fingerprint density at radius 1 is 0.893 bits per heavy atom. The van der Waals surface area contributed by atoms with Gasteiger partial charge in [0.2, 0.25) is 0 Å². The minimum absolute atomic E-state index is 0.120. The van der Waals surface area contributed by atoms with E-state index in [-0.39, 0.29) is 16.9 Å². The number of pyridine rings is 1. The molecule has 4 heteroatoms. The highest BCUT2D eigenvalue weighted by molar-refractivity contribution is 5.51. The number of ether oxygens (including phenoxy) is 1. The lowest BCUT2D eigenvalue weighted by molar-refractivity contribution is 0.0239. The summed E-state index contributed by atoms with van der Waals surface area (Å²) in [6, 6.07) is 8.71. The first-order valence-corrected chi connectivity index (χ1v) is 10.2. The van der Waals surface area contributed by atoms with Crippen LogP contribution in [-0.2, 0) is 15.6 Å². The Balaban J connectivity index is 2.21. The van der Waals surface area contributed by atoms with Crippen molar-refractivity contribution in [3.05, 3.63) is 58.9 Å². The summed E-state index contributed by atoms with van der Waals surface area (Å²) in [5.74, 6) is 0.430. The van der Waals surface area contributed by atoms with Crippen molar-refractivity contribution in [2.45, 2.75) is 58.4 Å². The number of morpholine rings is 1. The molecule has 3 rings (SSSR count). The molecule has 4 nitrogen and oxygen atoms in total. The van der Waals surface area contributed by atoms with Crippen molar-refractivity contribution in [3.8, 4) is 5.75 Å². The molecule has 0 radical (unpaired) electrons. The SMILES string of the molecule is CC(C)(C)c1cc(C(c2ccncc2)N2CCOCC2)cc(C(C)(C)C)c1O. The van der Waals surface area contributed by atoms with E-state index in [2.05, 4.69) is 75.7 Å². The smallest absolute Gasteiger partial charge is 0.123 e. The molecular formula is C24H34N2O2. The molecular weight excluding hydrogens is 348 g/mol. The van der Waals surface area contributed by atoms with Crippen molar-refractivity contribution in [2.24, 2.45) is 0 Å². The van der Waals surface area contributed by atoms with E-state index in [9.17, 15) is 5.11 Å². The average Bonchev–Trinajstić information content (AvgIpc) is 2.63. The summed E-state index contributed by atoms with van der Waals surface area (Å²) >= 11 is 0. The fourth-order valence-electron chi connectivity index (χ4n) is 3.95. The van der Waals surface area contributed by atoms with Crippen LogP contribution in [0, 0.1) is 0 Å². The van der Waals surface area contributed by atoms with Gasteiger partial charge < -0.3 is 9.84 Å². The Morgan fingerprint density at radius 2 is 1.39 bits per heavy atom. The van der Waals surface area contributed by atoms with Crippen molar-refractivity contribution in [2.75, 3.05) is 26.3 Å². The standard InChI is InChI=1S/C24H34N2O2/c1-23(2,3)19-15-18(16-20(22(19)27)24(4,5)6)21(17-7-9-25-10-8-17)26-11-13-28-14-12-26/h7-10,15-16,21,27H,11-14H2,1-6H3. The number of nitrogens with zero attached hydrogens (tertiary/aromatic N) is 2. The lowest BCUT2D eigenvalue weighted by Gasteiger charge is -2.37. The highest BCUT2D eigenvalue weighted by atomic mass is 16.5. The lowest BCUT2D eigenvalue weighted by atomic mass is 9.77. The van der Waals surface area contributed by atoms with Gasteiger partial charge in [0, 0.05) is 25.5 Å². The first kappa shape index (κ1) is 20.8. The molecule has 1 saturated heterocycles. The van der Waals surface area contributed by atoms with Crippen LogP contribution in [0.15, 0.2) is 36.7 Å². The van der Waals surface area contributed by atoms with E-state index in [1.54, 1.807) is 0 Å². The summed E-state index contributed by atoms with van der Waals surface area (Å²) < 4.78 is 5.60. The van der Waals surface area contributed by atoms with E-state index in [1.807, 2.05) is 12.4 Å². The van der Waals surface area contributed by atoms with Crippen molar-refractivity contribution < 1.29 is 9.84 Å². The van der Waals surface area contributed by atoms with Crippen LogP contribution in [-0.4, -0.2) is 41.3 Å². The summed E-state index contributed by atoms with van der Waals surface area (Å²) in [7, 11) is 0. The molecule has 0 bridgehead atoms. The van der Waals surface area contributed by atoms with Crippen LogP contribution in [0.3, 0.4) is 0 Å². The number of hydrogen-bond acceptors (Lipinski definition) is 4. The second kappa shape index (κ2) is 7.84. The largest absolute Gasteiger partial charge is 0.507 e. The third-order valence-electron chi connectivity index (χ3n) is 5.50. The zero-order valence-corrected chi connectivity index (χ0v) is 18.1. The maximum Gasteiger partial charge on any atom is 0.123 e. The Labute approximate surface area is 169 Å². The van der Waals surface area contributed by atoms with Crippen LogP contribution in [0.4, 0.5) is 0 Å². The molecule has 1 atom stereocenters. The monoisotopic (exact) mass is 382 g/mol. The molecule has 0 aliphatic carbocycles. The predicted molar refractivity (Wildman–Crippen MR) is 114 cm³/mol. The molecule has 0 spiro atoms. The van der Waals surface area contributed by atoms with Crippen molar-refractivity contribution in [1.29, 1.82) is 0 Å². The molecule has 2 heterocycles. The zero-order chi connectivity index (χ0) is 20.5. The molecule has 1 aliphatic rings. The van der Waals surface area contributed by atoms with Crippen LogP contribution >= 0.6 is 0 Å². The molecule has 1 aliphatic heterocycles. The fraction of sp³-hybridized carbons (Fsp3) is 0.542. The second-order valence-electron chi connectivity index (χ2n) is 9.80. The van der Waals surface area contributed by atoms with Crippen LogP contribution < -0.4 is 0 Å².